The number of epoxide rings is 1. The highest BCUT2D eigenvalue weighted by Gasteiger charge is 2.26. The number of benzene rings is 1. The fourth-order valence-electron chi connectivity index (χ4n) is 3.11. The molecule has 0 saturated carbocycles. The zero-order valence-electron chi connectivity index (χ0n) is 13.8. The van der Waals surface area contributed by atoms with Crippen molar-refractivity contribution in [2.24, 2.45) is 0 Å². The number of unbranched alkanes of at least 4 members (excludes halogenated alkanes) is 9. The summed E-state index contributed by atoms with van der Waals surface area (Å²) >= 11 is 0. The number of aryl methyl sites for hydroxylation is 1. The third-order valence-electron chi connectivity index (χ3n) is 4.53. The van der Waals surface area contributed by atoms with Crippen molar-refractivity contribution >= 4 is 0 Å². The van der Waals surface area contributed by atoms with E-state index in [1.165, 1.54) is 81.8 Å². The maximum Gasteiger partial charge on any atom is 0.106 e. The van der Waals surface area contributed by atoms with Gasteiger partial charge in [-0.1, -0.05) is 89.0 Å². The van der Waals surface area contributed by atoms with E-state index in [0.29, 0.717) is 6.10 Å². The first kappa shape index (κ1) is 16.5. The summed E-state index contributed by atoms with van der Waals surface area (Å²) in [5.74, 6) is 0. The molecule has 0 N–H and O–H groups in total. The van der Waals surface area contributed by atoms with Crippen LogP contribution in [0.4, 0.5) is 0 Å². The number of rotatable bonds is 12. The minimum atomic E-state index is 0.407. The van der Waals surface area contributed by atoms with Gasteiger partial charge in [0.25, 0.3) is 0 Å². The molecule has 1 aromatic carbocycles. The van der Waals surface area contributed by atoms with E-state index in [4.69, 9.17) is 4.74 Å². The predicted molar refractivity (Wildman–Crippen MR) is 90.7 cm³/mol. The van der Waals surface area contributed by atoms with E-state index in [-0.39, 0.29) is 0 Å². The van der Waals surface area contributed by atoms with Crippen LogP contribution in [0.5, 0.6) is 0 Å². The van der Waals surface area contributed by atoms with Gasteiger partial charge in [0.05, 0.1) is 6.61 Å². The lowest BCUT2D eigenvalue weighted by Crippen LogP contribution is -1.93. The molecule has 0 aliphatic carbocycles. The fourth-order valence-corrected chi connectivity index (χ4v) is 3.11. The Bertz CT molecular complexity index is 381. The lowest BCUT2D eigenvalue weighted by atomic mass is 9.98. The van der Waals surface area contributed by atoms with Crippen LogP contribution in [0.3, 0.4) is 0 Å². The summed E-state index contributed by atoms with van der Waals surface area (Å²) in [6.45, 7) is 3.21. The van der Waals surface area contributed by atoms with Crippen molar-refractivity contribution in [3.8, 4) is 0 Å². The number of hydrogen-bond donors (Lipinski definition) is 0. The fraction of sp³-hybridized carbons (Fsp3) is 0.700. The Hall–Kier alpha value is -0.820. The minimum Gasteiger partial charge on any atom is -0.368 e. The van der Waals surface area contributed by atoms with Crippen LogP contribution in [0.1, 0.15) is 88.4 Å². The van der Waals surface area contributed by atoms with Gasteiger partial charge < -0.3 is 4.74 Å². The maximum atomic E-state index is 5.43. The standard InChI is InChI=1S/C20H32O/c1-2-3-4-5-6-7-8-9-10-11-14-18-15-12-13-16-19(18)20-17-21-20/h12-13,15-16,20H,2-11,14,17H2,1H3. The molecule has 1 saturated heterocycles. The van der Waals surface area contributed by atoms with Crippen molar-refractivity contribution < 1.29 is 4.74 Å². The molecule has 0 amide bonds. The van der Waals surface area contributed by atoms with Crippen LogP contribution in [0.15, 0.2) is 24.3 Å². The molecule has 1 aromatic rings. The topological polar surface area (TPSA) is 12.5 Å². The van der Waals surface area contributed by atoms with E-state index in [9.17, 15) is 0 Å². The van der Waals surface area contributed by atoms with Gasteiger partial charge in [-0.25, -0.2) is 0 Å². The van der Waals surface area contributed by atoms with E-state index in [1.54, 1.807) is 0 Å². The van der Waals surface area contributed by atoms with Crippen LogP contribution >= 0.6 is 0 Å². The molecule has 1 fully saturated rings. The Morgan fingerprint density at radius 1 is 0.857 bits per heavy atom. The number of hydrogen-bond acceptors (Lipinski definition) is 1. The second-order valence-corrected chi connectivity index (χ2v) is 6.45. The lowest BCUT2D eigenvalue weighted by Gasteiger charge is -2.07. The first-order chi connectivity index (χ1) is 10.4. The smallest absolute Gasteiger partial charge is 0.106 e. The average Bonchev–Trinajstić information content (AvgIpc) is 3.34. The van der Waals surface area contributed by atoms with Gasteiger partial charge in [0.1, 0.15) is 6.10 Å². The zero-order chi connectivity index (χ0) is 14.8. The molecule has 21 heavy (non-hydrogen) atoms. The highest BCUT2D eigenvalue weighted by Crippen LogP contribution is 2.32. The van der Waals surface area contributed by atoms with E-state index < -0.39 is 0 Å². The molecule has 0 spiro atoms. The van der Waals surface area contributed by atoms with Gasteiger partial charge in [0, 0.05) is 0 Å². The van der Waals surface area contributed by atoms with E-state index in [1.807, 2.05) is 0 Å². The molecule has 1 unspecified atom stereocenters. The molecule has 1 heteroatoms. The SMILES string of the molecule is CCCCCCCCCCCCc1ccccc1C1CO1. The summed E-state index contributed by atoms with van der Waals surface area (Å²) in [6.07, 6.45) is 15.7. The van der Waals surface area contributed by atoms with Gasteiger partial charge in [-0.05, 0) is 24.0 Å². The Labute approximate surface area is 131 Å². The molecular formula is C20H32O. The second-order valence-electron chi connectivity index (χ2n) is 6.45. The molecule has 1 aliphatic heterocycles. The van der Waals surface area contributed by atoms with Crippen LogP contribution in [-0.2, 0) is 11.2 Å². The molecule has 1 aliphatic rings. The summed E-state index contributed by atoms with van der Waals surface area (Å²) in [4.78, 5) is 0. The van der Waals surface area contributed by atoms with Crippen molar-refractivity contribution in [3.05, 3.63) is 35.4 Å². The molecule has 1 heterocycles. The highest BCUT2D eigenvalue weighted by atomic mass is 16.6. The summed E-state index contributed by atoms with van der Waals surface area (Å²) in [5, 5.41) is 0. The van der Waals surface area contributed by atoms with E-state index in [2.05, 4.69) is 31.2 Å². The van der Waals surface area contributed by atoms with Crippen molar-refractivity contribution in [1.29, 1.82) is 0 Å². The maximum absolute atomic E-state index is 5.43. The minimum absolute atomic E-state index is 0.407. The predicted octanol–water partition coefficient (Wildman–Crippen LogP) is 6.22. The van der Waals surface area contributed by atoms with Gasteiger partial charge >= 0.3 is 0 Å². The van der Waals surface area contributed by atoms with E-state index >= 15 is 0 Å². The number of ether oxygens (including phenoxy) is 1. The van der Waals surface area contributed by atoms with Crippen LogP contribution in [0.2, 0.25) is 0 Å². The summed E-state index contributed by atoms with van der Waals surface area (Å²) in [5.41, 5.74) is 2.95. The zero-order valence-corrected chi connectivity index (χ0v) is 13.8. The molecule has 118 valence electrons. The van der Waals surface area contributed by atoms with Crippen LogP contribution in [0.25, 0.3) is 0 Å². The molecule has 0 aromatic heterocycles. The third kappa shape index (κ3) is 6.65. The molecule has 2 rings (SSSR count). The van der Waals surface area contributed by atoms with Gasteiger partial charge in [-0.3, -0.25) is 0 Å². The second kappa shape index (κ2) is 10.00. The van der Waals surface area contributed by atoms with Gasteiger partial charge in [-0.15, -0.1) is 0 Å². The highest BCUT2D eigenvalue weighted by molar-refractivity contribution is 5.31. The molecular weight excluding hydrogens is 256 g/mol. The van der Waals surface area contributed by atoms with Crippen molar-refractivity contribution in [2.45, 2.75) is 83.7 Å². The molecule has 1 atom stereocenters. The Morgan fingerprint density at radius 2 is 1.43 bits per heavy atom. The van der Waals surface area contributed by atoms with Crippen LogP contribution < -0.4 is 0 Å². The molecule has 0 radical (unpaired) electrons. The van der Waals surface area contributed by atoms with Crippen LogP contribution in [-0.4, -0.2) is 6.61 Å². The molecule has 0 bridgehead atoms. The normalized spacial score (nSPS) is 17.1. The van der Waals surface area contributed by atoms with Gasteiger partial charge in [0.2, 0.25) is 0 Å². The van der Waals surface area contributed by atoms with Crippen LogP contribution in [0, 0.1) is 0 Å². The Balaban J connectivity index is 1.48. The lowest BCUT2D eigenvalue weighted by molar-refractivity contribution is 0.414. The monoisotopic (exact) mass is 288 g/mol. The quantitative estimate of drug-likeness (QED) is 0.328. The Kier molecular flexibility index (Phi) is 7.88. The third-order valence-corrected chi connectivity index (χ3v) is 4.53. The largest absolute Gasteiger partial charge is 0.368 e. The van der Waals surface area contributed by atoms with Crippen molar-refractivity contribution in [1.82, 2.24) is 0 Å². The summed E-state index contributed by atoms with van der Waals surface area (Å²) in [7, 11) is 0. The van der Waals surface area contributed by atoms with Gasteiger partial charge in [-0.2, -0.15) is 0 Å². The Morgan fingerprint density at radius 3 is 2.05 bits per heavy atom. The first-order valence-electron chi connectivity index (χ1n) is 9.11. The summed E-state index contributed by atoms with van der Waals surface area (Å²) < 4.78 is 5.43. The van der Waals surface area contributed by atoms with E-state index in [0.717, 1.165) is 6.61 Å². The van der Waals surface area contributed by atoms with Gasteiger partial charge in [0.15, 0.2) is 0 Å². The van der Waals surface area contributed by atoms with Crippen molar-refractivity contribution in [3.63, 3.8) is 0 Å². The molecule has 1 nitrogen and oxygen atoms in total. The first-order valence-corrected chi connectivity index (χ1v) is 9.11. The van der Waals surface area contributed by atoms with Crippen molar-refractivity contribution in [2.75, 3.05) is 6.61 Å². The average molecular weight is 288 g/mol. The summed E-state index contributed by atoms with van der Waals surface area (Å²) in [6, 6.07) is 8.82.